The predicted molar refractivity (Wildman–Crippen MR) is 122 cm³/mol. The number of hydrogen-bond donors (Lipinski definition) is 1. The number of carbonyl (C=O) groups excluding carboxylic acids is 2. The Balaban J connectivity index is 1.71. The molecular formula is C27H19FN2O3. The molecule has 1 aliphatic heterocycles. The Morgan fingerprint density at radius 3 is 2.45 bits per heavy atom. The fraction of sp³-hybridized carbons (Fsp3) is 0.0741. The number of fused-ring (bicyclic) bond motifs is 1. The van der Waals surface area contributed by atoms with Gasteiger partial charge in [-0.05, 0) is 40.1 Å². The largest absolute Gasteiger partial charge is 0.507 e. The number of ketones is 1. The molecular weight excluding hydrogens is 419 g/mol. The zero-order chi connectivity index (χ0) is 22.9. The molecule has 1 atom stereocenters. The summed E-state index contributed by atoms with van der Waals surface area (Å²) in [6.45, 7) is 0.118. The average molecular weight is 438 g/mol. The van der Waals surface area contributed by atoms with Gasteiger partial charge in [-0.3, -0.25) is 14.6 Å². The van der Waals surface area contributed by atoms with Gasteiger partial charge in [0.2, 0.25) is 0 Å². The van der Waals surface area contributed by atoms with Crippen LogP contribution in [0.3, 0.4) is 0 Å². The molecule has 0 bridgehead atoms. The van der Waals surface area contributed by atoms with Crippen molar-refractivity contribution in [1.29, 1.82) is 0 Å². The first-order chi connectivity index (χ1) is 16.0. The van der Waals surface area contributed by atoms with E-state index in [9.17, 15) is 19.1 Å². The van der Waals surface area contributed by atoms with Gasteiger partial charge in [0.25, 0.3) is 11.7 Å². The second-order valence-electron chi connectivity index (χ2n) is 7.87. The Labute approximate surface area is 189 Å². The van der Waals surface area contributed by atoms with Gasteiger partial charge in [-0.15, -0.1) is 0 Å². The number of hydrogen-bond acceptors (Lipinski definition) is 4. The van der Waals surface area contributed by atoms with Crippen molar-refractivity contribution in [3.8, 4) is 0 Å². The Bertz CT molecular complexity index is 1390. The standard InChI is InChI=1S/C27H19FN2O3/c28-20-12-10-19(11-13-20)24-23(25(31)22-9-3-7-18-6-1-2-8-21(18)22)26(32)27(33)30(24)16-17-5-4-14-29-15-17/h1-15,24,31H,16H2/b25-23-. The smallest absolute Gasteiger partial charge is 0.295 e. The van der Waals surface area contributed by atoms with Crippen LogP contribution < -0.4 is 0 Å². The monoisotopic (exact) mass is 438 g/mol. The maximum atomic E-state index is 13.6. The van der Waals surface area contributed by atoms with Crippen molar-refractivity contribution >= 4 is 28.2 Å². The quantitative estimate of drug-likeness (QED) is 0.277. The van der Waals surface area contributed by atoms with Crippen molar-refractivity contribution in [3.05, 3.63) is 119 Å². The fourth-order valence-corrected chi connectivity index (χ4v) is 4.30. The zero-order valence-electron chi connectivity index (χ0n) is 17.5. The molecule has 0 spiro atoms. The molecule has 162 valence electrons. The van der Waals surface area contributed by atoms with E-state index in [1.807, 2.05) is 30.3 Å². The molecule has 1 fully saturated rings. The lowest BCUT2D eigenvalue weighted by Crippen LogP contribution is -2.29. The van der Waals surface area contributed by atoms with Crippen molar-refractivity contribution in [2.24, 2.45) is 0 Å². The number of halogens is 1. The molecule has 2 heterocycles. The Hall–Kier alpha value is -4.32. The van der Waals surface area contributed by atoms with Crippen LogP contribution in [0.1, 0.15) is 22.7 Å². The number of likely N-dealkylation sites (tertiary alicyclic amines) is 1. The van der Waals surface area contributed by atoms with Crippen LogP contribution in [-0.4, -0.2) is 26.7 Å². The summed E-state index contributed by atoms with van der Waals surface area (Å²) in [5, 5.41) is 13.0. The highest BCUT2D eigenvalue weighted by molar-refractivity contribution is 6.46. The van der Waals surface area contributed by atoms with E-state index in [1.165, 1.54) is 29.2 Å². The minimum Gasteiger partial charge on any atom is -0.507 e. The number of benzene rings is 3. The molecule has 5 rings (SSSR count). The summed E-state index contributed by atoms with van der Waals surface area (Å²) in [6, 6.07) is 21.2. The van der Waals surface area contributed by atoms with Crippen molar-refractivity contribution in [2.75, 3.05) is 0 Å². The number of amides is 1. The van der Waals surface area contributed by atoms with Crippen LogP contribution in [0, 0.1) is 5.82 Å². The normalized spacial score (nSPS) is 17.6. The van der Waals surface area contributed by atoms with Gasteiger partial charge in [0, 0.05) is 24.5 Å². The van der Waals surface area contributed by atoms with Gasteiger partial charge in [0.15, 0.2) is 0 Å². The van der Waals surface area contributed by atoms with Gasteiger partial charge in [-0.2, -0.15) is 0 Å². The van der Waals surface area contributed by atoms with Gasteiger partial charge >= 0.3 is 0 Å². The molecule has 1 saturated heterocycles. The summed E-state index contributed by atoms with van der Waals surface area (Å²) in [5.41, 5.74) is 1.70. The summed E-state index contributed by atoms with van der Waals surface area (Å²) >= 11 is 0. The lowest BCUT2D eigenvalue weighted by molar-refractivity contribution is -0.140. The molecule has 3 aromatic carbocycles. The van der Waals surface area contributed by atoms with Crippen LogP contribution in [0.4, 0.5) is 4.39 Å². The topological polar surface area (TPSA) is 70.5 Å². The number of carbonyl (C=O) groups is 2. The average Bonchev–Trinajstić information content (AvgIpc) is 3.09. The highest BCUT2D eigenvalue weighted by Gasteiger charge is 2.46. The number of pyridine rings is 1. The van der Waals surface area contributed by atoms with E-state index < -0.39 is 23.5 Å². The molecule has 1 aliphatic rings. The minimum atomic E-state index is -0.871. The number of aromatic nitrogens is 1. The van der Waals surface area contributed by atoms with E-state index in [0.29, 0.717) is 11.1 Å². The molecule has 0 radical (unpaired) electrons. The third kappa shape index (κ3) is 3.65. The number of aliphatic hydroxyl groups excluding tert-OH is 1. The Morgan fingerprint density at radius 1 is 0.939 bits per heavy atom. The summed E-state index contributed by atoms with van der Waals surface area (Å²) in [4.78, 5) is 31.8. The molecule has 4 aromatic rings. The lowest BCUT2D eigenvalue weighted by Gasteiger charge is -2.25. The fourth-order valence-electron chi connectivity index (χ4n) is 4.30. The summed E-state index contributed by atoms with van der Waals surface area (Å²) in [6.07, 6.45) is 3.24. The van der Waals surface area contributed by atoms with Gasteiger partial charge in [0.05, 0.1) is 11.6 Å². The van der Waals surface area contributed by atoms with E-state index >= 15 is 0 Å². The summed E-state index contributed by atoms with van der Waals surface area (Å²) in [5.74, 6) is -2.20. The molecule has 0 aliphatic carbocycles. The number of Topliss-reactive ketones (excluding diaryl/α,β-unsaturated/α-hetero) is 1. The van der Waals surface area contributed by atoms with Crippen LogP contribution in [0.2, 0.25) is 0 Å². The molecule has 0 saturated carbocycles. The lowest BCUT2D eigenvalue weighted by atomic mass is 9.93. The molecule has 1 N–H and O–H groups in total. The van der Waals surface area contributed by atoms with E-state index in [0.717, 1.165) is 16.3 Å². The molecule has 1 aromatic heterocycles. The maximum absolute atomic E-state index is 13.6. The highest BCUT2D eigenvalue weighted by atomic mass is 19.1. The highest BCUT2D eigenvalue weighted by Crippen LogP contribution is 2.41. The predicted octanol–water partition coefficient (Wildman–Crippen LogP) is 5.00. The van der Waals surface area contributed by atoms with E-state index in [4.69, 9.17) is 0 Å². The summed E-state index contributed by atoms with van der Waals surface area (Å²) in [7, 11) is 0. The zero-order valence-corrected chi connectivity index (χ0v) is 17.5. The number of rotatable bonds is 4. The first kappa shape index (κ1) is 20.6. The molecule has 5 nitrogen and oxygen atoms in total. The van der Waals surface area contributed by atoms with Crippen LogP contribution in [0.25, 0.3) is 16.5 Å². The maximum Gasteiger partial charge on any atom is 0.295 e. The second-order valence-corrected chi connectivity index (χ2v) is 7.87. The van der Waals surface area contributed by atoms with Crippen LogP contribution >= 0.6 is 0 Å². The second kappa shape index (κ2) is 8.31. The Kier molecular flexibility index (Phi) is 5.18. The van der Waals surface area contributed by atoms with E-state index in [1.54, 1.807) is 36.7 Å². The molecule has 1 unspecified atom stereocenters. The van der Waals surface area contributed by atoms with E-state index in [2.05, 4.69) is 4.98 Å². The van der Waals surface area contributed by atoms with Crippen molar-refractivity contribution in [2.45, 2.75) is 12.6 Å². The molecule has 1 amide bonds. The van der Waals surface area contributed by atoms with Crippen LogP contribution in [0.5, 0.6) is 0 Å². The first-order valence-electron chi connectivity index (χ1n) is 10.5. The first-order valence-corrected chi connectivity index (χ1v) is 10.5. The van der Waals surface area contributed by atoms with Crippen molar-refractivity contribution < 1.29 is 19.1 Å². The van der Waals surface area contributed by atoms with E-state index in [-0.39, 0.29) is 17.9 Å². The van der Waals surface area contributed by atoms with Crippen LogP contribution in [-0.2, 0) is 16.1 Å². The van der Waals surface area contributed by atoms with Crippen molar-refractivity contribution in [1.82, 2.24) is 9.88 Å². The summed E-state index contributed by atoms with van der Waals surface area (Å²) < 4.78 is 13.6. The van der Waals surface area contributed by atoms with Crippen molar-refractivity contribution in [3.63, 3.8) is 0 Å². The Morgan fingerprint density at radius 2 is 1.70 bits per heavy atom. The SMILES string of the molecule is O=C1C(=O)N(Cc2cccnc2)C(c2ccc(F)cc2)/C1=C(/O)c1cccc2ccccc12. The van der Waals surface area contributed by atoms with Gasteiger partial charge in [-0.1, -0.05) is 60.7 Å². The molecule has 33 heavy (non-hydrogen) atoms. The van der Waals surface area contributed by atoms with Gasteiger partial charge in [-0.25, -0.2) is 4.39 Å². The minimum absolute atomic E-state index is 0.0214. The van der Waals surface area contributed by atoms with Gasteiger partial charge < -0.3 is 10.0 Å². The molecule has 6 heteroatoms. The van der Waals surface area contributed by atoms with Crippen LogP contribution in [0.15, 0.2) is 96.8 Å². The number of aliphatic hydroxyl groups is 1. The third-order valence-corrected chi connectivity index (χ3v) is 5.85. The third-order valence-electron chi connectivity index (χ3n) is 5.85. The number of nitrogens with zero attached hydrogens (tertiary/aromatic N) is 2. The van der Waals surface area contributed by atoms with Gasteiger partial charge in [0.1, 0.15) is 11.6 Å².